The van der Waals surface area contributed by atoms with Crippen molar-refractivity contribution in [3.63, 3.8) is 0 Å². The number of piperidine rings is 1. The zero-order chi connectivity index (χ0) is 7.61. The van der Waals surface area contributed by atoms with Gasteiger partial charge < -0.3 is 5.32 Å². The van der Waals surface area contributed by atoms with Crippen LogP contribution in [0.3, 0.4) is 0 Å². The molecular weight excluding hydrogens is 125 g/mol. The number of rotatable bonds is 1. The van der Waals surface area contributed by atoms with Crippen molar-refractivity contribution in [2.75, 3.05) is 0 Å². The van der Waals surface area contributed by atoms with Crippen LogP contribution in [0.15, 0.2) is 0 Å². The van der Waals surface area contributed by atoms with Crippen molar-refractivity contribution in [3.8, 4) is 0 Å². The molecule has 1 N–H and O–H groups in total. The zero-order valence-corrected chi connectivity index (χ0v) is 6.61. The Morgan fingerprint density at radius 3 is 2.80 bits per heavy atom. The largest absolute Gasteiger partial charge is 0.359 e. The van der Waals surface area contributed by atoms with E-state index in [2.05, 4.69) is 19.5 Å². The van der Waals surface area contributed by atoms with Gasteiger partial charge in [0.2, 0.25) is 5.91 Å². The lowest BCUT2D eigenvalue weighted by Gasteiger charge is -2.33. The SMILES string of the molecule is C[B]C1(C)CCCC(=O)N1. The molecule has 0 aliphatic carbocycles. The van der Waals surface area contributed by atoms with Crippen molar-refractivity contribution in [3.05, 3.63) is 0 Å². The maximum absolute atomic E-state index is 10.9. The maximum atomic E-state index is 10.9. The molecular formula is C7H13BNO. The van der Waals surface area contributed by atoms with Crippen LogP contribution >= 0.6 is 0 Å². The summed E-state index contributed by atoms with van der Waals surface area (Å²) in [5.41, 5.74) is -0.0324. The second-order valence-corrected chi connectivity index (χ2v) is 3.11. The minimum Gasteiger partial charge on any atom is -0.359 e. The van der Waals surface area contributed by atoms with Gasteiger partial charge in [-0.05, 0) is 19.8 Å². The Hall–Kier alpha value is -0.465. The molecule has 1 fully saturated rings. The van der Waals surface area contributed by atoms with Crippen molar-refractivity contribution in [2.45, 2.75) is 38.4 Å². The van der Waals surface area contributed by atoms with Gasteiger partial charge in [-0.3, -0.25) is 4.79 Å². The number of amides is 1. The molecule has 0 saturated carbocycles. The van der Waals surface area contributed by atoms with Crippen LogP contribution in [0.1, 0.15) is 26.2 Å². The Balaban J connectivity index is 2.53. The van der Waals surface area contributed by atoms with E-state index in [1.54, 1.807) is 0 Å². The summed E-state index contributed by atoms with van der Waals surface area (Å²) in [7, 11) is 2.06. The highest BCUT2D eigenvalue weighted by molar-refractivity contribution is 6.38. The van der Waals surface area contributed by atoms with E-state index in [0.717, 1.165) is 12.8 Å². The van der Waals surface area contributed by atoms with Gasteiger partial charge in [-0.25, -0.2) is 0 Å². The highest BCUT2D eigenvalue weighted by Gasteiger charge is 2.27. The molecule has 1 atom stereocenters. The molecule has 1 unspecified atom stereocenters. The van der Waals surface area contributed by atoms with E-state index in [9.17, 15) is 4.79 Å². The third-order valence-electron chi connectivity index (χ3n) is 2.16. The van der Waals surface area contributed by atoms with Gasteiger partial charge >= 0.3 is 0 Å². The van der Waals surface area contributed by atoms with E-state index < -0.39 is 0 Å². The molecule has 1 saturated heterocycles. The summed E-state index contributed by atoms with van der Waals surface area (Å²) >= 11 is 0. The van der Waals surface area contributed by atoms with Gasteiger partial charge in [0.1, 0.15) is 7.28 Å². The molecule has 0 bridgehead atoms. The Labute approximate surface area is 62.6 Å². The second kappa shape index (κ2) is 2.65. The predicted molar refractivity (Wildman–Crippen MR) is 42.0 cm³/mol. The molecule has 1 heterocycles. The Bertz CT molecular complexity index is 149. The molecule has 1 rings (SSSR count). The van der Waals surface area contributed by atoms with Crippen LogP contribution in [-0.4, -0.2) is 18.6 Å². The van der Waals surface area contributed by atoms with Gasteiger partial charge in [0, 0.05) is 11.9 Å². The third kappa shape index (κ3) is 1.52. The smallest absolute Gasteiger partial charge is 0.219 e. The van der Waals surface area contributed by atoms with Gasteiger partial charge in [0.15, 0.2) is 0 Å². The molecule has 1 aliphatic heterocycles. The standard InChI is InChI=1S/C7H13BNO/c1-7(8-2)5-3-4-6(10)9-7/h3-5H2,1-2H3,(H,9,10). The van der Waals surface area contributed by atoms with Gasteiger partial charge in [-0.2, -0.15) is 0 Å². The monoisotopic (exact) mass is 138 g/mol. The minimum absolute atomic E-state index is 0.0324. The van der Waals surface area contributed by atoms with Crippen LogP contribution < -0.4 is 5.32 Å². The first-order chi connectivity index (χ1) is 4.66. The molecule has 1 radical (unpaired) electrons. The quantitative estimate of drug-likeness (QED) is 0.532. The Kier molecular flexibility index (Phi) is 2.02. The number of nitrogens with one attached hydrogen (secondary N) is 1. The number of hydrogen-bond acceptors (Lipinski definition) is 1. The van der Waals surface area contributed by atoms with Crippen LogP contribution in [0.2, 0.25) is 6.82 Å². The van der Waals surface area contributed by atoms with E-state index in [0.29, 0.717) is 6.42 Å². The van der Waals surface area contributed by atoms with Gasteiger partial charge in [-0.1, -0.05) is 6.82 Å². The Morgan fingerprint density at radius 2 is 2.40 bits per heavy atom. The van der Waals surface area contributed by atoms with Crippen molar-refractivity contribution in [2.24, 2.45) is 0 Å². The lowest BCUT2D eigenvalue weighted by atomic mass is 9.58. The molecule has 55 valence electrons. The van der Waals surface area contributed by atoms with Crippen molar-refractivity contribution >= 4 is 13.2 Å². The summed E-state index contributed by atoms with van der Waals surface area (Å²) in [6.07, 6.45) is 2.80. The van der Waals surface area contributed by atoms with Crippen LogP contribution in [0.4, 0.5) is 0 Å². The molecule has 0 aromatic carbocycles. The Morgan fingerprint density at radius 1 is 1.70 bits per heavy atom. The van der Waals surface area contributed by atoms with E-state index in [1.165, 1.54) is 0 Å². The summed E-state index contributed by atoms with van der Waals surface area (Å²) in [6.45, 7) is 4.05. The normalized spacial score (nSPS) is 33.2. The number of carbonyl (C=O) groups is 1. The predicted octanol–water partition coefficient (Wildman–Crippen LogP) is 0.755. The summed E-state index contributed by atoms with van der Waals surface area (Å²) in [4.78, 5) is 10.9. The summed E-state index contributed by atoms with van der Waals surface area (Å²) in [6, 6.07) is 0. The fraction of sp³-hybridized carbons (Fsp3) is 0.857. The molecule has 1 aliphatic rings. The van der Waals surface area contributed by atoms with Gasteiger partial charge in [0.05, 0.1) is 0 Å². The third-order valence-corrected chi connectivity index (χ3v) is 2.16. The van der Waals surface area contributed by atoms with Crippen molar-refractivity contribution in [1.29, 1.82) is 0 Å². The topological polar surface area (TPSA) is 29.1 Å². The lowest BCUT2D eigenvalue weighted by molar-refractivity contribution is -0.123. The zero-order valence-electron chi connectivity index (χ0n) is 6.61. The molecule has 0 aromatic rings. The first-order valence-corrected chi connectivity index (χ1v) is 3.78. The van der Waals surface area contributed by atoms with E-state index in [4.69, 9.17) is 0 Å². The van der Waals surface area contributed by atoms with Crippen LogP contribution in [0, 0.1) is 0 Å². The molecule has 1 amide bonds. The summed E-state index contributed by atoms with van der Waals surface area (Å²) in [5, 5.41) is 2.95. The molecule has 10 heavy (non-hydrogen) atoms. The number of hydrogen-bond donors (Lipinski definition) is 1. The summed E-state index contributed by atoms with van der Waals surface area (Å²) in [5.74, 6) is 0.187. The highest BCUT2D eigenvalue weighted by atomic mass is 16.1. The first kappa shape index (κ1) is 7.64. The van der Waals surface area contributed by atoms with Crippen LogP contribution in [0.25, 0.3) is 0 Å². The highest BCUT2D eigenvalue weighted by Crippen LogP contribution is 2.17. The van der Waals surface area contributed by atoms with E-state index in [1.807, 2.05) is 6.82 Å². The number of carbonyl (C=O) groups excluding carboxylic acids is 1. The van der Waals surface area contributed by atoms with Crippen LogP contribution in [-0.2, 0) is 4.79 Å². The molecule has 3 heteroatoms. The second-order valence-electron chi connectivity index (χ2n) is 3.11. The fourth-order valence-electron chi connectivity index (χ4n) is 1.28. The lowest BCUT2D eigenvalue weighted by Crippen LogP contribution is -2.52. The summed E-state index contributed by atoms with van der Waals surface area (Å²) < 4.78 is 0. The molecule has 0 aromatic heterocycles. The maximum Gasteiger partial charge on any atom is 0.219 e. The fourth-order valence-corrected chi connectivity index (χ4v) is 1.28. The average Bonchev–Trinajstić information content (AvgIpc) is 1.88. The average molecular weight is 138 g/mol. The van der Waals surface area contributed by atoms with E-state index in [-0.39, 0.29) is 11.3 Å². The van der Waals surface area contributed by atoms with Crippen molar-refractivity contribution < 1.29 is 4.79 Å². The van der Waals surface area contributed by atoms with E-state index >= 15 is 0 Å². The first-order valence-electron chi connectivity index (χ1n) is 3.78. The van der Waals surface area contributed by atoms with Gasteiger partial charge in [-0.15, -0.1) is 0 Å². The molecule has 0 spiro atoms. The minimum atomic E-state index is -0.0324. The van der Waals surface area contributed by atoms with Crippen molar-refractivity contribution in [1.82, 2.24) is 5.32 Å². The molecule has 2 nitrogen and oxygen atoms in total. The van der Waals surface area contributed by atoms with Gasteiger partial charge in [0.25, 0.3) is 0 Å². The van der Waals surface area contributed by atoms with Crippen LogP contribution in [0.5, 0.6) is 0 Å².